The summed E-state index contributed by atoms with van der Waals surface area (Å²) in [7, 11) is 1.57. The standard InChI is InChI=1S/C24H25F3N6O2/c1-14-11-33(22-21-20(31(3)23(35)30-22)9-8-18(10-28)29-21)19(13-34)12-32(14)15(2)16-4-6-17(7-5-16)24(25,26)27/h4-9,14-15,19,34H,11-13H2,1-3H3/t14-,15?,19-/m1/s1. The summed E-state index contributed by atoms with van der Waals surface area (Å²) in [5.74, 6) is 0.299. The highest BCUT2D eigenvalue weighted by atomic mass is 19.4. The SMILES string of the molecule is CC(c1ccc(C(F)(F)F)cc1)N1C[C@H](CO)N(c2nc(=O)n(C)c3ccc(C#N)nc23)C[C@H]1C. The Morgan fingerprint density at radius 1 is 1.17 bits per heavy atom. The molecule has 2 aromatic heterocycles. The number of rotatable bonds is 4. The second kappa shape index (κ2) is 9.28. The monoisotopic (exact) mass is 486 g/mol. The molecule has 0 bridgehead atoms. The molecule has 1 aromatic carbocycles. The van der Waals surface area contributed by atoms with Crippen LogP contribution in [0, 0.1) is 11.3 Å². The maximum Gasteiger partial charge on any atom is 0.416 e. The van der Waals surface area contributed by atoms with Crippen LogP contribution in [0.15, 0.2) is 41.2 Å². The van der Waals surface area contributed by atoms with Crippen LogP contribution in [0.1, 0.15) is 36.7 Å². The maximum atomic E-state index is 13.0. The first-order valence-corrected chi connectivity index (χ1v) is 11.1. The van der Waals surface area contributed by atoms with E-state index in [4.69, 9.17) is 0 Å². The summed E-state index contributed by atoms with van der Waals surface area (Å²) in [4.78, 5) is 25.1. The number of aromatic nitrogens is 3. The van der Waals surface area contributed by atoms with Gasteiger partial charge in [0.15, 0.2) is 5.82 Å². The highest BCUT2D eigenvalue weighted by Gasteiger charge is 2.36. The fourth-order valence-electron chi connectivity index (χ4n) is 4.63. The molecule has 1 aliphatic heterocycles. The number of halogens is 3. The van der Waals surface area contributed by atoms with Crippen molar-refractivity contribution in [3.8, 4) is 6.07 Å². The van der Waals surface area contributed by atoms with Crippen LogP contribution < -0.4 is 10.6 Å². The largest absolute Gasteiger partial charge is 0.416 e. The number of alkyl halides is 3. The number of hydrogen-bond donors (Lipinski definition) is 1. The van der Waals surface area contributed by atoms with Gasteiger partial charge >= 0.3 is 11.9 Å². The first-order chi connectivity index (χ1) is 16.5. The Balaban J connectivity index is 1.67. The van der Waals surface area contributed by atoms with Crippen LogP contribution in [0.3, 0.4) is 0 Å². The van der Waals surface area contributed by atoms with Crippen molar-refractivity contribution >= 4 is 16.9 Å². The molecule has 1 N–H and O–H groups in total. The summed E-state index contributed by atoms with van der Waals surface area (Å²) in [6, 6.07) is 9.53. The number of benzene rings is 1. The molecule has 0 spiro atoms. The molecule has 4 rings (SSSR count). The van der Waals surface area contributed by atoms with Crippen molar-refractivity contribution in [1.29, 1.82) is 5.26 Å². The quantitative estimate of drug-likeness (QED) is 0.606. The van der Waals surface area contributed by atoms with Crippen molar-refractivity contribution in [2.24, 2.45) is 7.05 Å². The van der Waals surface area contributed by atoms with E-state index in [1.54, 1.807) is 13.1 Å². The lowest BCUT2D eigenvalue weighted by Gasteiger charge is -2.47. The molecule has 184 valence electrons. The van der Waals surface area contributed by atoms with E-state index < -0.39 is 23.5 Å². The van der Waals surface area contributed by atoms with E-state index in [-0.39, 0.29) is 24.4 Å². The summed E-state index contributed by atoms with van der Waals surface area (Å²) >= 11 is 0. The number of nitrogens with zero attached hydrogens (tertiary/aromatic N) is 6. The van der Waals surface area contributed by atoms with Crippen molar-refractivity contribution in [1.82, 2.24) is 19.4 Å². The van der Waals surface area contributed by atoms with Crippen LogP contribution in [-0.2, 0) is 13.2 Å². The highest BCUT2D eigenvalue weighted by molar-refractivity contribution is 5.86. The van der Waals surface area contributed by atoms with Crippen molar-refractivity contribution in [3.63, 3.8) is 0 Å². The molecule has 35 heavy (non-hydrogen) atoms. The number of fused-ring (bicyclic) bond motifs is 1. The molecule has 1 saturated heterocycles. The molecule has 3 heterocycles. The summed E-state index contributed by atoms with van der Waals surface area (Å²) in [6.07, 6.45) is -4.40. The minimum Gasteiger partial charge on any atom is -0.394 e. The van der Waals surface area contributed by atoms with Crippen molar-refractivity contribution < 1.29 is 18.3 Å². The van der Waals surface area contributed by atoms with Gasteiger partial charge in [0.05, 0.1) is 23.7 Å². The normalized spacial score (nSPS) is 20.1. The molecule has 1 aliphatic rings. The zero-order valence-corrected chi connectivity index (χ0v) is 19.5. The number of aliphatic hydroxyl groups is 1. The van der Waals surface area contributed by atoms with E-state index in [1.807, 2.05) is 24.8 Å². The molecule has 0 saturated carbocycles. The number of piperazine rings is 1. The fourth-order valence-corrected chi connectivity index (χ4v) is 4.63. The lowest BCUT2D eigenvalue weighted by molar-refractivity contribution is -0.137. The molecular formula is C24H25F3N6O2. The van der Waals surface area contributed by atoms with Crippen molar-refractivity contribution in [2.75, 3.05) is 24.6 Å². The fraction of sp³-hybridized carbons (Fsp3) is 0.417. The minimum absolute atomic E-state index is 0.0878. The van der Waals surface area contributed by atoms with Crippen molar-refractivity contribution in [3.05, 3.63) is 63.7 Å². The van der Waals surface area contributed by atoms with Gasteiger partial charge in [0.1, 0.15) is 17.3 Å². The second-order valence-electron chi connectivity index (χ2n) is 8.78. The molecule has 3 aromatic rings. The van der Waals surface area contributed by atoms with E-state index in [2.05, 4.69) is 14.9 Å². The van der Waals surface area contributed by atoms with E-state index in [0.717, 1.165) is 17.7 Å². The van der Waals surface area contributed by atoms with Crippen LogP contribution >= 0.6 is 0 Å². The summed E-state index contributed by atoms with van der Waals surface area (Å²) < 4.78 is 40.2. The summed E-state index contributed by atoms with van der Waals surface area (Å²) in [6.45, 7) is 4.42. The number of pyridine rings is 1. The van der Waals surface area contributed by atoms with Gasteiger partial charge in [0.2, 0.25) is 0 Å². The van der Waals surface area contributed by atoms with Gasteiger partial charge in [-0.2, -0.15) is 23.4 Å². The lowest BCUT2D eigenvalue weighted by atomic mass is 9.99. The predicted molar refractivity (Wildman–Crippen MR) is 124 cm³/mol. The molecule has 1 fully saturated rings. The second-order valence-corrected chi connectivity index (χ2v) is 8.78. The third-order valence-electron chi connectivity index (χ3n) is 6.64. The lowest BCUT2D eigenvalue weighted by Crippen LogP contribution is -2.59. The van der Waals surface area contributed by atoms with Gasteiger partial charge in [0.25, 0.3) is 0 Å². The van der Waals surface area contributed by atoms with E-state index in [0.29, 0.717) is 29.9 Å². The summed E-state index contributed by atoms with van der Waals surface area (Å²) in [5.41, 5.74) is 0.635. The Hall–Kier alpha value is -3.49. The Kier molecular flexibility index (Phi) is 6.53. The van der Waals surface area contributed by atoms with Gasteiger partial charge in [-0.3, -0.25) is 9.47 Å². The van der Waals surface area contributed by atoms with E-state index in [9.17, 15) is 28.3 Å². The Bertz CT molecular complexity index is 1330. The van der Waals surface area contributed by atoms with Crippen LogP contribution in [0.4, 0.5) is 19.0 Å². The van der Waals surface area contributed by atoms with Gasteiger partial charge in [-0.15, -0.1) is 0 Å². The minimum atomic E-state index is -4.40. The van der Waals surface area contributed by atoms with E-state index >= 15 is 0 Å². The average Bonchev–Trinajstić information content (AvgIpc) is 2.84. The molecular weight excluding hydrogens is 461 g/mol. The number of hydrogen-bond acceptors (Lipinski definition) is 7. The van der Waals surface area contributed by atoms with Gasteiger partial charge < -0.3 is 10.0 Å². The number of anilines is 1. The number of aryl methyl sites for hydroxylation is 1. The maximum absolute atomic E-state index is 13.0. The molecule has 0 amide bonds. The molecule has 0 radical (unpaired) electrons. The average molecular weight is 486 g/mol. The van der Waals surface area contributed by atoms with Gasteiger partial charge in [-0.25, -0.2) is 9.78 Å². The number of aliphatic hydroxyl groups excluding tert-OH is 1. The van der Waals surface area contributed by atoms with Crippen LogP contribution in [0.25, 0.3) is 11.0 Å². The first kappa shape index (κ1) is 24.6. The predicted octanol–water partition coefficient (Wildman–Crippen LogP) is 2.85. The third kappa shape index (κ3) is 4.59. The third-order valence-corrected chi connectivity index (χ3v) is 6.64. The Morgan fingerprint density at radius 3 is 2.46 bits per heavy atom. The van der Waals surface area contributed by atoms with Gasteiger partial charge in [-0.1, -0.05) is 12.1 Å². The zero-order valence-electron chi connectivity index (χ0n) is 19.5. The molecule has 8 nitrogen and oxygen atoms in total. The van der Waals surface area contributed by atoms with Crippen LogP contribution in [-0.4, -0.2) is 56.3 Å². The van der Waals surface area contributed by atoms with Crippen molar-refractivity contribution in [2.45, 2.75) is 38.1 Å². The van der Waals surface area contributed by atoms with Gasteiger partial charge in [0, 0.05) is 32.2 Å². The molecule has 3 atom stereocenters. The molecule has 1 unspecified atom stereocenters. The smallest absolute Gasteiger partial charge is 0.394 e. The zero-order chi connectivity index (χ0) is 25.5. The Morgan fingerprint density at radius 2 is 1.86 bits per heavy atom. The van der Waals surface area contributed by atoms with Crippen LogP contribution in [0.2, 0.25) is 0 Å². The number of nitriles is 1. The summed E-state index contributed by atoms with van der Waals surface area (Å²) in [5, 5.41) is 19.5. The van der Waals surface area contributed by atoms with Crippen LogP contribution in [0.5, 0.6) is 0 Å². The first-order valence-electron chi connectivity index (χ1n) is 11.1. The Labute approximate surface area is 199 Å². The van der Waals surface area contributed by atoms with E-state index in [1.165, 1.54) is 22.8 Å². The highest BCUT2D eigenvalue weighted by Crippen LogP contribution is 2.33. The topological polar surface area (TPSA) is 98.3 Å². The molecule has 0 aliphatic carbocycles. The molecule has 11 heteroatoms. The van der Waals surface area contributed by atoms with Gasteiger partial charge in [-0.05, 0) is 43.7 Å².